The van der Waals surface area contributed by atoms with Crippen LogP contribution in [0, 0.1) is 5.82 Å². The van der Waals surface area contributed by atoms with Gasteiger partial charge in [0.25, 0.3) is 0 Å². The number of nitrogens with one attached hydrogen (secondary N) is 1. The minimum atomic E-state index is -0.432. The molecule has 1 atom stereocenters. The van der Waals surface area contributed by atoms with E-state index in [2.05, 4.69) is 15.4 Å². The summed E-state index contributed by atoms with van der Waals surface area (Å²) >= 11 is 5.85. The van der Waals surface area contributed by atoms with Gasteiger partial charge in [-0.2, -0.15) is 5.10 Å². The molecule has 0 radical (unpaired) electrons. The first-order chi connectivity index (χ1) is 12.2. The van der Waals surface area contributed by atoms with Crippen molar-refractivity contribution in [2.24, 2.45) is 0 Å². The Balaban J connectivity index is 1.83. The number of rotatable bonds is 1. The lowest BCUT2D eigenvalue weighted by Crippen LogP contribution is -2.11. The Morgan fingerprint density at radius 2 is 2.00 bits per heavy atom. The number of nitrogens with zero attached hydrogens (tertiary/aromatic N) is 3. The SMILES string of the molecule is Fc1cc(C2Nc3ccccc3-c3ncnn4ccc2c34)ccc1Cl. The van der Waals surface area contributed by atoms with Crippen LogP contribution in [0.25, 0.3) is 16.8 Å². The molecule has 4 aromatic rings. The van der Waals surface area contributed by atoms with Gasteiger partial charge in [-0.15, -0.1) is 0 Å². The lowest BCUT2D eigenvalue weighted by atomic mass is 9.99. The van der Waals surface area contributed by atoms with Gasteiger partial charge in [-0.3, -0.25) is 0 Å². The topological polar surface area (TPSA) is 42.2 Å². The van der Waals surface area contributed by atoms with Crippen molar-refractivity contribution < 1.29 is 4.39 Å². The molecule has 4 nitrogen and oxygen atoms in total. The number of halogens is 2. The van der Waals surface area contributed by atoms with Crippen LogP contribution < -0.4 is 5.32 Å². The summed E-state index contributed by atoms with van der Waals surface area (Å²) < 4.78 is 15.9. The minimum absolute atomic E-state index is 0.114. The van der Waals surface area contributed by atoms with Gasteiger partial charge in [0.2, 0.25) is 0 Å². The number of para-hydroxylation sites is 1. The molecule has 0 fully saturated rings. The van der Waals surface area contributed by atoms with Crippen molar-refractivity contribution in [3.8, 4) is 11.3 Å². The Morgan fingerprint density at radius 3 is 2.88 bits per heavy atom. The molecular formula is C19H12ClFN4. The average Bonchev–Trinajstić information content (AvgIpc) is 3.00. The fourth-order valence-corrected chi connectivity index (χ4v) is 3.53. The van der Waals surface area contributed by atoms with Crippen LogP contribution in [0.5, 0.6) is 0 Å². The van der Waals surface area contributed by atoms with Crippen molar-refractivity contribution in [3.05, 3.63) is 83.0 Å². The molecule has 1 N–H and O–H groups in total. The molecule has 122 valence electrons. The second-order valence-electron chi connectivity index (χ2n) is 5.97. The van der Waals surface area contributed by atoms with Gasteiger partial charge in [0.1, 0.15) is 17.8 Å². The summed E-state index contributed by atoms with van der Waals surface area (Å²) in [6.45, 7) is 0. The van der Waals surface area contributed by atoms with Crippen molar-refractivity contribution in [1.29, 1.82) is 0 Å². The molecule has 6 heteroatoms. The van der Waals surface area contributed by atoms with Gasteiger partial charge < -0.3 is 5.32 Å². The molecule has 1 aliphatic rings. The van der Waals surface area contributed by atoms with Crippen LogP contribution in [0.1, 0.15) is 17.2 Å². The molecule has 0 saturated heterocycles. The van der Waals surface area contributed by atoms with Gasteiger partial charge >= 0.3 is 0 Å². The summed E-state index contributed by atoms with van der Waals surface area (Å²) in [7, 11) is 0. The van der Waals surface area contributed by atoms with E-state index in [9.17, 15) is 4.39 Å². The first-order valence-electron chi connectivity index (χ1n) is 7.85. The zero-order valence-electron chi connectivity index (χ0n) is 12.9. The van der Waals surface area contributed by atoms with E-state index in [0.29, 0.717) is 0 Å². The molecule has 0 aliphatic carbocycles. The summed E-state index contributed by atoms with van der Waals surface area (Å²) in [5, 5.41) is 7.94. The lowest BCUT2D eigenvalue weighted by molar-refractivity contribution is 0.625. The number of hydrogen-bond acceptors (Lipinski definition) is 3. The average molecular weight is 351 g/mol. The van der Waals surface area contributed by atoms with Crippen LogP contribution in [0.4, 0.5) is 10.1 Å². The normalized spacial score (nSPS) is 15.5. The summed E-state index contributed by atoms with van der Waals surface area (Å²) in [5.41, 5.74) is 5.50. The van der Waals surface area contributed by atoms with E-state index in [-0.39, 0.29) is 11.1 Å². The number of anilines is 1. The molecule has 25 heavy (non-hydrogen) atoms. The van der Waals surface area contributed by atoms with Gasteiger partial charge in [-0.25, -0.2) is 13.9 Å². The highest BCUT2D eigenvalue weighted by Gasteiger charge is 2.26. The Hall–Kier alpha value is -2.92. The zero-order chi connectivity index (χ0) is 17.0. The molecule has 2 aromatic carbocycles. The van der Waals surface area contributed by atoms with Gasteiger partial charge in [0, 0.05) is 23.0 Å². The molecule has 1 aliphatic heterocycles. The monoisotopic (exact) mass is 350 g/mol. The fourth-order valence-electron chi connectivity index (χ4n) is 3.41. The van der Waals surface area contributed by atoms with E-state index in [4.69, 9.17) is 11.6 Å². The van der Waals surface area contributed by atoms with E-state index < -0.39 is 5.82 Å². The molecule has 0 amide bonds. The molecule has 0 saturated carbocycles. The molecule has 2 aromatic heterocycles. The Bertz CT molecular complexity index is 1120. The Labute approximate surface area is 147 Å². The quantitative estimate of drug-likeness (QED) is 0.541. The van der Waals surface area contributed by atoms with E-state index in [0.717, 1.165) is 33.6 Å². The maximum atomic E-state index is 14.1. The van der Waals surface area contributed by atoms with E-state index in [1.165, 1.54) is 6.07 Å². The second-order valence-corrected chi connectivity index (χ2v) is 6.38. The number of benzene rings is 2. The fraction of sp³-hybridized carbons (Fsp3) is 0.0526. The third-order valence-electron chi connectivity index (χ3n) is 4.56. The number of fused-ring (bicyclic) bond motifs is 2. The predicted molar refractivity (Wildman–Crippen MR) is 95.3 cm³/mol. The molecule has 0 bridgehead atoms. The first-order valence-corrected chi connectivity index (χ1v) is 8.23. The van der Waals surface area contributed by atoms with Crippen LogP contribution in [-0.2, 0) is 0 Å². The van der Waals surface area contributed by atoms with E-state index >= 15 is 0 Å². The predicted octanol–water partition coefficient (Wildman–Crippen LogP) is 4.70. The van der Waals surface area contributed by atoms with Gasteiger partial charge in [0.15, 0.2) is 0 Å². The third-order valence-corrected chi connectivity index (χ3v) is 4.86. The smallest absolute Gasteiger partial charge is 0.142 e. The molecule has 1 unspecified atom stereocenters. The minimum Gasteiger partial charge on any atom is -0.374 e. The number of hydrogen-bond donors (Lipinski definition) is 1. The van der Waals surface area contributed by atoms with Gasteiger partial charge in [0.05, 0.1) is 16.6 Å². The summed E-state index contributed by atoms with van der Waals surface area (Å²) in [6.07, 6.45) is 3.44. The van der Waals surface area contributed by atoms with Crippen molar-refractivity contribution in [2.45, 2.75) is 6.04 Å². The van der Waals surface area contributed by atoms with E-state index in [1.807, 2.05) is 42.6 Å². The van der Waals surface area contributed by atoms with Crippen molar-refractivity contribution in [1.82, 2.24) is 14.6 Å². The second kappa shape index (κ2) is 5.29. The standard InChI is InChI=1S/C19H12ClFN4/c20-14-6-5-11(9-15(14)21)17-13-7-8-25-19(13)18(22-10-23-25)12-3-1-2-4-16(12)24-17/h1-10,17,24H. The van der Waals surface area contributed by atoms with Crippen LogP contribution in [-0.4, -0.2) is 14.6 Å². The highest BCUT2D eigenvalue weighted by molar-refractivity contribution is 6.30. The zero-order valence-corrected chi connectivity index (χ0v) is 13.7. The van der Waals surface area contributed by atoms with Crippen molar-refractivity contribution in [2.75, 3.05) is 5.32 Å². The van der Waals surface area contributed by atoms with Crippen molar-refractivity contribution >= 4 is 22.8 Å². The van der Waals surface area contributed by atoms with Crippen LogP contribution in [0.15, 0.2) is 61.1 Å². The highest BCUT2D eigenvalue weighted by atomic mass is 35.5. The maximum Gasteiger partial charge on any atom is 0.142 e. The van der Waals surface area contributed by atoms with Gasteiger partial charge in [-0.05, 0) is 29.8 Å². The lowest BCUT2D eigenvalue weighted by Gasteiger charge is -2.19. The Kier molecular flexibility index (Phi) is 3.05. The summed E-state index contributed by atoms with van der Waals surface area (Å²) in [5.74, 6) is -0.432. The largest absolute Gasteiger partial charge is 0.374 e. The van der Waals surface area contributed by atoms with Crippen LogP contribution in [0.3, 0.4) is 0 Å². The Morgan fingerprint density at radius 1 is 1.12 bits per heavy atom. The maximum absolute atomic E-state index is 14.1. The van der Waals surface area contributed by atoms with Gasteiger partial charge in [-0.1, -0.05) is 35.9 Å². The van der Waals surface area contributed by atoms with Crippen LogP contribution >= 0.6 is 11.6 Å². The summed E-state index contributed by atoms with van der Waals surface area (Å²) in [6, 6.07) is 14.6. The molecular weight excluding hydrogens is 339 g/mol. The molecule has 3 heterocycles. The highest BCUT2D eigenvalue weighted by Crippen LogP contribution is 2.41. The molecule has 0 spiro atoms. The van der Waals surface area contributed by atoms with Crippen molar-refractivity contribution in [3.63, 3.8) is 0 Å². The number of aromatic nitrogens is 3. The van der Waals surface area contributed by atoms with E-state index in [1.54, 1.807) is 16.9 Å². The molecule has 5 rings (SSSR count). The summed E-state index contributed by atoms with van der Waals surface area (Å²) in [4.78, 5) is 4.50. The first kappa shape index (κ1) is 14.4. The van der Waals surface area contributed by atoms with Crippen LogP contribution in [0.2, 0.25) is 5.02 Å². The third kappa shape index (κ3) is 2.13.